The SMILES string of the molecule is CCc1nc(C(N)=O)c(Nc2ccc(N3CC(O)(O)C(N4CCN(C)CC4)C(O)(O)C3)c(OC)c2)nc1NC1CCOCC1. The van der Waals surface area contributed by atoms with Crippen LogP contribution < -0.4 is 26.0 Å². The molecule has 1 aromatic carbocycles. The standard InChI is InChI=1S/C29H44N8O7/c1-4-20-25(31-18-7-13-44-14-8-18)34-26(23(33-20)24(30)38)32-19-5-6-21(22(15-19)43-3)37-16-28(39,40)27(29(41,42)17-37)36-11-9-35(2)10-12-36/h5-6,15,18,27,39-42H,4,7-14,16-17H2,1-3H3,(H2,30,38)(H2,31,32,34). The minimum absolute atomic E-state index is 0.0101. The average molecular weight is 617 g/mol. The monoisotopic (exact) mass is 616 g/mol. The summed E-state index contributed by atoms with van der Waals surface area (Å²) >= 11 is 0. The second-order valence-corrected chi connectivity index (χ2v) is 11.8. The van der Waals surface area contributed by atoms with Crippen LogP contribution in [0.1, 0.15) is 35.9 Å². The first-order valence-corrected chi connectivity index (χ1v) is 15.0. The fourth-order valence-electron chi connectivity index (χ4n) is 6.28. The molecule has 5 rings (SSSR count). The number of nitrogens with two attached hydrogens (primary N) is 1. The molecule has 3 aliphatic rings. The number of piperazine rings is 1. The van der Waals surface area contributed by atoms with Gasteiger partial charge in [-0.05, 0) is 38.4 Å². The molecule has 15 heteroatoms. The summed E-state index contributed by atoms with van der Waals surface area (Å²) in [6.45, 7) is 4.94. The van der Waals surface area contributed by atoms with Crippen molar-refractivity contribution in [2.45, 2.75) is 49.8 Å². The average Bonchev–Trinajstić information content (AvgIpc) is 2.97. The second-order valence-electron chi connectivity index (χ2n) is 11.8. The summed E-state index contributed by atoms with van der Waals surface area (Å²) in [4.78, 5) is 26.9. The summed E-state index contributed by atoms with van der Waals surface area (Å²) in [7, 11) is 3.42. The van der Waals surface area contributed by atoms with Gasteiger partial charge in [0.1, 0.15) is 11.8 Å². The van der Waals surface area contributed by atoms with Crippen LogP contribution >= 0.6 is 0 Å². The zero-order valence-electron chi connectivity index (χ0n) is 25.5. The van der Waals surface area contributed by atoms with Crippen molar-refractivity contribution >= 4 is 28.9 Å². The van der Waals surface area contributed by atoms with Crippen LogP contribution in [0.5, 0.6) is 5.75 Å². The highest BCUT2D eigenvalue weighted by atomic mass is 16.5. The third-order valence-corrected chi connectivity index (χ3v) is 8.51. The first-order chi connectivity index (χ1) is 20.9. The number of primary amides is 1. The maximum atomic E-state index is 12.4. The van der Waals surface area contributed by atoms with Gasteiger partial charge in [-0.3, -0.25) is 9.69 Å². The summed E-state index contributed by atoms with van der Waals surface area (Å²) in [6.07, 6.45) is 2.19. The third kappa shape index (κ3) is 6.83. The van der Waals surface area contributed by atoms with Gasteiger partial charge in [-0.2, -0.15) is 0 Å². The lowest BCUT2D eigenvalue weighted by Crippen LogP contribution is -2.76. The molecule has 0 radical (unpaired) electrons. The molecular formula is C29H44N8O7. The summed E-state index contributed by atoms with van der Waals surface area (Å²) < 4.78 is 11.1. The number of methoxy groups -OCH3 is 1. The number of hydrogen-bond acceptors (Lipinski definition) is 14. The van der Waals surface area contributed by atoms with E-state index in [4.69, 9.17) is 20.2 Å². The third-order valence-electron chi connectivity index (χ3n) is 8.51. The smallest absolute Gasteiger partial charge is 0.271 e. The maximum Gasteiger partial charge on any atom is 0.271 e. The minimum Gasteiger partial charge on any atom is -0.495 e. The van der Waals surface area contributed by atoms with Crippen molar-refractivity contribution in [3.8, 4) is 5.75 Å². The Kier molecular flexibility index (Phi) is 9.46. The van der Waals surface area contributed by atoms with E-state index in [2.05, 4.69) is 20.5 Å². The molecule has 44 heavy (non-hydrogen) atoms. The van der Waals surface area contributed by atoms with Crippen molar-refractivity contribution in [2.75, 3.05) is 82.2 Å². The molecule has 0 atom stereocenters. The number of ether oxygens (including phenoxy) is 2. The van der Waals surface area contributed by atoms with Crippen LogP contribution in [0.4, 0.5) is 23.0 Å². The van der Waals surface area contributed by atoms with Crippen LogP contribution in [0.15, 0.2) is 18.2 Å². The zero-order chi connectivity index (χ0) is 31.6. The van der Waals surface area contributed by atoms with E-state index in [-0.39, 0.29) is 30.6 Å². The largest absolute Gasteiger partial charge is 0.495 e. The van der Waals surface area contributed by atoms with Crippen molar-refractivity contribution < 1.29 is 34.7 Å². The molecule has 0 aliphatic carbocycles. The van der Waals surface area contributed by atoms with Gasteiger partial charge in [-0.25, -0.2) is 9.97 Å². The number of nitrogens with one attached hydrogen (secondary N) is 2. The summed E-state index contributed by atoms with van der Waals surface area (Å²) in [6, 6.07) is 3.84. The number of aliphatic hydroxyl groups is 4. The summed E-state index contributed by atoms with van der Waals surface area (Å²) in [5.41, 5.74) is 7.20. The van der Waals surface area contributed by atoms with Crippen LogP contribution in [-0.2, 0) is 11.2 Å². The van der Waals surface area contributed by atoms with E-state index in [1.54, 1.807) is 23.1 Å². The summed E-state index contributed by atoms with van der Waals surface area (Å²) in [5, 5.41) is 51.0. The number of rotatable bonds is 9. The van der Waals surface area contributed by atoms with E-state index in [0.29, 0.717) is 74.4 Å². The Bertz CT molecular complexity index is 1310. The van der Waals surface area contributed by atoms with Gasteiger partial charge < -0.3 is 56.1 Å². The first kappa shape index (κ1) is 32.1. The van der Waals surface area contributed by atoms with E-state index in [0.717, 1.165) is 12.8 Å². The van der Waals surface area contributed by atoms with Gasteiger partial charge in [-0.15, -0.1) is 0 Å². The molecule has 3 aliphatic heterocycles. The van der Waals surface area contributed by atoms with Gasteiger partial charge in [0.2, 0.25) is 11.6 Å². The number of hydrogen-bond donors (Lipinski definition) is 7. The van der Waals surface area contributed by atoms with Crippen LogP contribution in [-0.4, -0.2) is 136 Å². The highest BCUT2D eigenvalue weighted by molar-refractivity contribution is 5.96. The van der Waals surface area contributed by atoms with Crippen LogP contribution in [0, 0.1) is 0 Å². The van der Waals surface area contributed by atoms with Crippen LogP contribution in [0.2, 0.25) is 0 Å². The van der Waals surface area contributed by atoms with Crippen LogP contribution in [0.25, 0.3) is 0 Å². The molecule has 0 unspecified atom stereocenters. The minimum atomic E-state index is -2.43. The molecule has 4 heterocycles. The number of aromatic nitrogens is 2. The summed E-state index contributed by atoms with van der Waals surface area (Å²) in [5.74, 6) is -4.55. The molecule has 0 saturated carbocycles. The molecule has 15 nitrogen and oxygen atoms in total. The van der Waals surface area contributed by atoms with Crippen molar-refractivity contribution in [2.24, 2.45) is 5.73 Å². The molecule has 3 saturated heterocycles. The van der Waals surface area contributed by atoms with Crippen LogP contribution in [0.3, 0.4) is 0 Å². The number of carbonyl (C=O) groups excluding carboxylic acids is 1. The van der Waals surface area contributed by atoms with Crippen molar-refractivity contribution in [3.05, 3.63) is 29.6 Å². The van der Waals surface area contributed by atoms with Gasteiger partial charge in [0, 0.05) is 57.2 Å². The number of β-amino-alcohol motifs (C(OH)–C–C–N with tert-alkyl or cyclic N) is 4. The second kappa shape index (κ2) is 13.0. The van der Waals surface area contributed by atoms with Crippen molar-refractivity contribution in [3.63, 3.8) is 0 Å². The Morgan fingerprint density at radius 3 is 2.32 bits per heavy atom. The number of anilines is 4. The Morgan fingerprint density at radius 2 is 1.73 bits per heavy atom. The van der Waals surface area contributed by atoms with E-state index in [1.165, 1.54) is 12.0 Å². The van der Waals surface area contributed by atoms with Gasteiger partial charge in [0.15, 0.2) is 17.3 Å². The van der Waals surface area contributed by atoms with Crippen molar-refractivity contribution in [1.82, 2.24) is 19.8 Å². The molecule has 3 fully saturated rings. The molecule has 242 valence electrons. The number of amides is 1. The van der Waals surface area contributed by atoms with Gasteiger partial charge in [0.05, 0.1) is 31.6 Å². The quantitative estimate of drug-likeness (QED) is 0.174. The van der Waals surface area contributed by atoms with Gasteiger partial charge in [0.25, 0.3) is 5.91 Å². The van der Waals surface area contributed by atoms with E-state index in [1.807, 2.05) is 14.0 Å². The molecule has 0 bridgehead atoms. The highest BCUT2D eigenvalue weighted by Crippen LogP contribution is 2.39. The molecule has 8 N–H and O–H groups in total. The van der Waals surface area contributed by atoms with E-state index in [9.17, 15) is 25.2 Å². The van der Waals surface area contributed by atoms with Gasteiger partial charge >= 0.3 is 0 Å². The molecular weight excluding hydrogens is 572 g/mol. The van der Waals surface area contributed by atoms with E-state index >= 15 is 0 Å². The predicted molar refractivity (Wildman–Crippen MR) is 163 cm³/mol. The zero-order valence-corrected chi connectivity index (χ0v) is 25.5. The van der Waals surface area contributed by atoms with Gasteiger partial charge in [-0.1, -0.05) is 6.92 Å². The molecule has 2 aromatic rings. The normalized spacial score (nSPS) is 21.7. The number of piperidine rings is 1. The number of carbonyl (C=O) groups is 1. The number of likely N-dealkylation sites (N-methyl/N-ethyl adjacent to an activating group) is 1. The number of nitrogens with zero attached hydrogens (tertiary/aromatic N) is 5. The topological polar surface area (TPSA) is 202 Å². The number of aryl methyl sites for hydroxylation is 1. The lowest BCUT2D eigenvalue weighted by Gasteiger charge is -2.54. The number of benzene rings is 1. The Balaban J connectivity index is 1.40. The molecule has 0 spiro atoms. The fourth-order valence-corrected chi connectivity index (χ4v) is 6.28. The van der Waals surface area contributed by atoms with Crippen molar-refractivity contribution in [1.29, 1.82) is 0 Å². The predicted octanol–water partition coefficient (Wildman–Crippen LogP) is -0.721. The highest BCUT2D eigenvalue weighted by Gasteiger charge is 2.57. The Hall–Kier alpha value is -3.31. The first-order valence-electron chi connectivity index (χ1n) is 15.0. The Morgan fingerprint density at radius 1 is 1.07 bits per heavy atom. The molecule has 1 amide bonds. The Labute approximate surface area is 256 Å². The molecule has 1 aromatic heterocycles. The lowest BCUT2D eigenvalue weighted by atomic mass is 9.89. The fraction of sp³-hybridized carbons (Fsp3) is 0.621. The lowest BCUT2D eigenvalue weighted by molar-refractivity contribution is -0.311. The van der Waals surface area contributed by atoms with E-state index < -0.39 is 23.5 Å². The maximum absolute atomic E-state index is 12.4.